The molecule has 13 heavy (non-hydrogen) atoms. The minimum absolute atomic E-state index is 0.510. The lowest BCUT2D eigenvalue weighted by atomic mass is 9.99. The molecule has 0 aliphatic carbocycles. The molecule has 0 aromatic heterocycles. The molecule has 1 rings (SSSR count). The molecule has 0 fully saturated rings. The molecule has 0 heterocycles. The molecular weight excluding hydrogens is 253 g/mol. The lowest BCUT2D eigenvalue weighted by Crippen LogP contribution is -2.25. The van der Waals surface area contributed by atoms with Crippen LogP contribution in [0.25, 0.3) is 0 Å². The van der Waals surface area contributed by atoms with Gasteiger partial charge in [0.05, 0.1) is 0 Å². The van der Waals surface area contributed by atoms with E-state index in [1.807, 2.05) is 32.0 Å². The maximum atomic E-state index is 5.81. The molecule has 4 heteroatoms. The second kappa shape index (κ2) is 3.96. The first-order valence-corrected chi connectivity index (χ1v) is 4.98. The molecule has 0 atom stereocenters. The van der Waals surface area contributed by atoms with E-state index in [0.29, 0.717) is 5.02 Å². The van der Waals surface area contributed by atoms with Crippen molar-refractivity contribution in [1.82, 2.24) is 0 Å². The molecule has 2 N–H and O–H groups in total. The molecule has 0 amide bonds. The summed E-state index contributed by atoms with van der Waals surface area (Å²) < 4.78 is 0.899. The number of hydrogen-bond acceptors (Lipinski definition) is 2. The molecule has 0 saturated heterocycles. The first kappa shape index (κ1) is 11.0. The van der Waals surface area contributed by atoms with Crippen molar-refractivity contribution in [2.24, 2.45) is 5.90 Å². The van der Waals surface area contributed by atoms with Crippen molar-refractivity contribution in [2.75, 3.05) is 0 Å². The highest BCUT2D eigenvalue weighted by atomic mass is 79.9. The topological polar surface area (TPSA) is 35.2 Å². The molecule has 0 radical (unpaired) electrons. The van der Waals surface area contributed by atoms with Crippen LogP contribution in [0.4, 0.5) is 0 Å². The average molecular weight is 265 g/mol. The van der Waals surface area contributed by atoms with Crippen LogP contribution in [0.3, 0.4) is 0 Å². The van der Waals surface area contributed by atoms with Crippen molar-refractivity contribution >= 4 is 27.5 Å². The minimum atomic E-state index is -0.510. The van der Waals surface area contributed by atoms with Crippen LogP contribution in [0.5, 0.6) is 0 Å². The standard InChI is InChI=1S/C9H11BrClNO/c1-9(2,13-12)7-4-3-6(11)5-8(7)10/h3-5H,12H2,1-2H3. The quantitative estimate of drug-likeness (QED) is 0.833. The Kier molecular flexibility index (Phi) is 3.35. The second-order valence-electron chi connectivity index (χ2n) is 3.25. The van der Waals surface area contributed by atoms with E-state index >= 15 is 0 Å². The second-order valence-corrected chi connectivity index (χ2v) is 4.54. The first-order chi connectivity index (χ1) is 5.97. The highest BCUT2D eigenvalue weighted by Crippen LogP contribution is 2.31. The zero-order valence-corrected chi connectivity index (χ0v) is 9.82. The number of hydrogen-bond donors (Lipinski definition) is 1. The zero-order valence-electron chi connectivity index (χ0n) is 7.47. The van der Waals surface area contributed by atoms with Gasteiger partial charge in [-0.1, -0.05) is 33.6 Å². The molecule has 1 aromatic rings. The predicted octanol–water partition coefficient (Wildman–Crippen LogP) is 3.23. The van der Waals surface area contributed by atoms with Gasteiger partial charge in [-0.15, -0.1) is 0 Å². The predicted molar refractivity (Wildman–Crippen MR) is 57.5 cm³/mol. The van der Waals surface area contributed by atoms with E-state index in [0.717, 1.165) is 10.0 Å². The number of halogens is 2. The molecule has 0 aliphatic heterocycles. The fourth-order valence-electron chi connectivity index (χ4n) is 1.04. The fraction of sp³-hybridized carbons (Fsp3) is 0.333. The molecule has 2 nitrogen and oxygen atoms in total. The lowest BCUT2D eigenvalue weighted by molar-refractivity contribution is -0.0241. The molecule has 1 aromatic carbocycles. The monoisotopic (exact) mass is 263 g/mol. The highest BCUT2D eigenvalue weighted by molar-refractivity contribution is 9.10. The SMILES string of the molecule is CC(C)(ON)c1ccc(Cl)cc1Br. The van der Waals surface area contributed by atoms with Crippen molar-refractivity contribution in [3.63, 3.8) is 0 Å². The Labute approximate surface area is 91.1 Å². The lowest BCUT2D eigenvalue weighted by Gasteiger charge is -2.23. The largest absolute Gasteiger partial charge is 0.294 e. The van der Waals surface area contributed by atoms with Crippen molar-refractivity contribution < 1.29 is 4.84 Å². The third kappa shape index (κ3) is 2.44. The number of benzene rings is 1. The van der Waals surface area contributed by atoms with Crippen LogP contribution in [0.15, 0.2) is 22.7 Å². The van der Waals surface area contributed by atoms with Gasteiger partial charge in [-0.2, -0.15) is 0 Å². The van der Waals surface area contributed by atoms with Gasteiger partial charge in [0.15, 0.2) is 0 Å². The Morgan fingerprint density at radius 2 is 2.08 bits per heavy atom. The summed E-state index contributed by atoms with van der Waals surface area (Å²) in [5, 5.41) is 0.684. The fourth-order valence-corrected chi connectivity index (χ4v) is 2.20. The van der Waals surface area contributed by atoms with Crippen molar-refractivity contribution in [2.45, 2.75) is 19.4 Å². The summed E-state index contributed by atoms with van der Waals surface area (Å²) in [4.78, 5) is 4.87. The summed E-state index contributed by atoms with van der Waals surface area (Å²) in [7, 11) is 0. The Morgan fingerprint density at radius 1 is 1.46 bits per heavy atom. The average Bonchev–Trinajstić information content (AvgIpc) is 2.03. The van der Waals surface area contributed by atoms with Crippen LogP contribution in [-0.4, -0.2) is 0 Å². The molecule has 0 aliphatic rings. The molecule has 72 valence electrons. The number of nitrogens with two attached hydrogens (primary N) is 1. The summed E-state index contributed by atoms with van der Waals surface area (Å²) >= 11 is 9.21. The van der Waals surface area contributed by atoms with Gasteiger partial charge in [0.1, 0.15) is 5.60 Å². The van der Waals surface area contributed by atoms with Crippen molar-refractivity contribution in [1.29, 1.82) is 0 Å². The summed E-state index contributed by atoms with van der Waals surface area (Å²) in [5.41, 5.74) is 0.461. The third-order valence-electron chi connectivity index (χ3n) is 1.87. The van der Waals surface area contributed by atoms with Crippen LogP contribution in [0.2, 0.25) is 5.02 Å². The maximum absolute atomic E-state index is 5.81. The van der Waals surface area contributed by atoms with Crippen LogP contribution in [0, 0.1) is 0 Å². The zero-order chi connectivity index (χ0) is 10.1. The molecule has 0 bridgehead atoms. The summed E-state index contributed by atoms with van der Waals surface area (Å²) in [5.74, 6) is 5.19. The smallest absolute Gasteiger partial charge is 0.110 e. The van der Waals surface area contributed by atoms with E-state index in [1.54, 1.807) is 0 Å². The minimum Gasteiger partial charge on any atom is -0.294 e. The van der Waals surface area contributed by atoms with Gasteiger partial charge in [-0.3, -0.25) is 4.84 Å². The van der Waals surface area contributed by atoms with Crippen LogP contribution >= 0.6 is 27.5 Å². The van der Waals surface area contributed by atoms with Gasteiger partial charge in [-0.25, -0.2) is 5.90 Å². The maximum Gasteiger partial charge on any atom is 0.110 e. The molecule has 0 spiro atoms. The van der Waals surface area contributed by atoms with E-state index in [1.165, 1.54) is 0 Å². The first-order valence-electron chi connectivity index (χ1n) is 3.81. The Hall–Kier alpha value is -0.0900. The summed E-state index contributed by atoms with van der Waals surface area (Å²) in [6.07, 6.45) is 0. The Bertz CT molecular complexity index is 314. The van der Waals surface area contributed by atoms with Gasteiger partial charge < -0.3 is 0 Å². The van der Waals surface area contributed by atoms with E-state index in [-0.39, 0.29) is 0 Å². The molecule has 0 saturated carbocycles. The van der Waals surface area contributed by atoms with Crippen LogP contribution in [0.1, 0.15) is 19.4 Å². The Balaban J connectivity index is 3.16. The van der Waals surface area contributed by atoms with E-state index in [4.69, 9.17) is 22.3 Å². The number of rotatable bonds is 2. The Morgan fingerprint density at radius 3 is 2.54 bits per heavy atom. The van der Waals surface area contributed by atoms with Gasteiger partial charge >= 0.3 is 0 Å². The van der Waals surface area contributed by atoms with Crippen LogP contribution < -0.4 is 5.90 Å². The van der Waals surface area contributed by atoms with E-state index < -0.39 is 5.60 Å². The normalized spacial score (nSPS) is 11.8. The third-order valence-corrected chi connectivity index (χ3v) is 2.77. The summed E-state index contributed by atoms with van der Waals surface area (Å²) in [6.45, 7) is 3.78. The van der Waals surface area contributed by atoms with Gasteiger partial charge in [-0.05, 0) is 31.5 Å². The van der Waals surface area contributed by atoms with Crippen molar-refractivity contribution in [3.8, 4) is 0 Å². The van der Waals surface area contributed by atoms with Gasteiger partial charge in [0, 0.05) is 9.50 Å². The van der Waals surface area contributed by atoms with E-state index in [9.17, 15) is 0 Å². The van der Waals surface area contributed by atoms with Crippen LogP contribution in [-0.2, 0) is 10.4 Å². The van der Waals surface area contributed by atoms with E-state index in [2.05, 4.69) is 15.9 Å². The van der Waals surface area contributed by atoms with Gasteiger partial charge in [0.25, 0.3) is 0 Å². The molecular formula is C9H11BrClNO. The van der Waals surface area contributed by atoms with Crippen molar-refractivity contribution in [3.05, 3.63) is 33.3 Å². The van der Waals surface area contributed by atoms with Gasteiger partial charge in [0.2, 0.25) is 0 Å². The molecule has 0 unspecified atom stereocenters. The summed E-state index contributed by atoms with van der Waals surface area (Å²) in [6, 6.07) is 5.51. The highest BCUT2D eigenvalue weighted by Gasteiger charge is 2.22.